The molecule has 0 aliphatic carbocycles. The number of thioether (sulfide) groups is 1. The van der Waals surface area contributed by atoms with Crippen LogP contribution in [0.25, 0.3) is 11.4 Å². The van der Waals surface area contributed by atoms with Crippen LogP contribution in [0.4, 0.5) is 0 Å². The number of aromatic nitrogens is 3. The highest BCUT2D eigenvalue weighted by Gasteiger charge is 2.12. The minimum atomic E-state index is -0.230. The summed E-state index contributed by atoms with van der Waals surface area (Å²) in [5.41, 5.74) is 3.42. The first kappa shape index (κ1) is 16.0. The fourth-order valence-corrected chi connectivity index (χ4v) is 2.68. The Morgan fingerprint density at radius 3 is 2.88 bits per heavy atom. The molecule has 0 aliphatic rings. The minimum Gasteiger partial charge on any atom is -0.463 e. The highest BCUT2D eigenvalue weighted by Crippen LogP contribution is 2.22. The molecule has 0 spiro atoms. The summed E-state index contributed by atoms with van der Waals surface area (Å²) in [6, 6.07) is 13.3. The Morgan fingerprint density at radius 1 is 1.29 bits per heavy atom. The van der Waals surface area contributed by atoms with Crippen LogP contribution in [0.1, 0.15) is 5.76 Å². The van der Waals surface area contributed by atoms with Crippen molar-refractivity contribution in [2.24, 2.45) is 12.1 Å². The number of carbonyl (C=O) groups is 1. The van der Waals surface area contributed by atoms with E-state index < -0.39 is 0 Å². The number of hydrogen-bond acceptors (Lipinski definition) is 6. The van der Waals surface area contributed by atoms with Gasteiger partial charge < -0.3 is 8.98 Å². The summed E-state index contributed by atoms with van der Waals surface area (Å²) in [6.07, 6.45) is 2.98. The van der Waals surface area contributed by atoms with E-state index in [1.165, 1.54) is 24.2 Å². The quantitative estimate of drug-likeness (QED) is 0.422. The van der Waals surface area contributed by atoms with Gasteiger partial charge in [-0.1, -0.05) is 42.1 Å². The molecule has 0 unspecified atom stereocenters. The topological polar surface area (TPSA) is 85.3 Å². The molecule has 0 atom stereocenters. The van der Waals surface area contributed by atoms with Crippen LogP contribution in [0.15, 0.2) is 63.4 Å². The molecule has 2 aromatic heterocycles. The van der Waals surface area contributed by atoms with Crippen LogP contribution in [0.2, 0.25) is 0 Å². The first-order valence-electron chi connectivity index (χ1n) is 7.17. The molecule has 0 saturated carbocycles. The van der Waals surface area contributed by atoms with E-state index in [1.807, 2.05) is 41.9 Å². The summed E-state index contributed by atoms with van der Waals surface area (Å²) in [5, 5.41) is 12.8. The van der Waals surface area contributed by atoms with Crippen molar-refractivity contribution in [1.82, 2.24) is 20.2 Å². The van der Waals surface area contributed by atoms with Gasteiger partial charge in [0.2, 0.25) is 0 Å². The highest BCUT2D eigenvalue weighted by atomic mass is 32.2. The number of benzene rings is 1. The Bertz CT molecular complexity index is 828. The number of rotatable bonds is 6. The van der Waals surface area contributed by atoms with Gasteiger partial charge in [-0.05, 0) is 12.1 Å². The number of nitrogens with zero attached hydrogens (tertiary/aromatic N) is 4. The molecule has 3 aromatic rings. The molecule has 0 radical (unpaired) electrons. The fraction of sp³-hybridized carbons (Fsp3) is 0.125. The molecule has 3 rings (SSSR count). The van der Waals surface area contributed by atoms with Crippen LogP contribution in [0.5, 0.6) is 0 Å². The van der Waals surface area contributed by atoms with Crippen LogP contribution in [0, 0.1) is 0 Å². The molecule has 1 aromatic carbocycles. The first-order chi connectivity index (χ1) is 11.7. The average molecular weight is 341 g/mol. The molecular formula is C16H15N5O2S. The molecule has 1 N–H and O–H groups in total. The molecule has 1 amide bonds. The van der Waals surface area contributed by atoms with Crippen LogP contribution in [0.3, 0.4) is 0 Å². The molecule has 0 bridgehead atoms. The van der Waals surface area contributed by atoms with Crippen molar-refractivity contribution in [3.05, 3.63) is 54.5 Å². The number of furan rings is 1. The number of nitrogens with one attached hydrogen (secondary N) is 1. The molecular weight excluding hydrogens is 326 g/mol. The SMILES string of the molecule is Cn1c(SCC(=O)N/N=C\c2ccco2)nnc1-c1ccccc1. The van der Waals surface area contributed by atoms with Gasteiger partial charge in [-0.15, -0.1) is 10.2 Å². The van der Waals surface area contributed by atoms with Crippen LogP contribution >= 0.6 is 11.8 Å². The Hall–Kier alpha value is -2.87. The van der Waals surface area contributed by atoms with Crippen molar-refractivity contribution in [3.8, 4) is 11.4 Å². The van der Waals surface area contributed by atoms with Crippen LogP contribution in [-0.4, -0.2) is 32.6 Å². The third-order valence-electron chi connectivity index (χ3n) is 3.12. The number of carbonyl (C=O) groups excluding carboxylic acids is 1. The van der Waals surface area contributed by atoms with E-state index in [-0.39, 0.29) is 11.7 Å². The van der Waals surface area contributed by atoms with Gasteiger partial charge >= 0.3 is 0 Å². The van der Waals surface area contributed by atoms with Crippen LogP contribution in [-0.2, 0) is 11.8 Å². The van der Waals surface area contributed by atoms with Gasteiger partial charge in [0.15, 0.2) is 11.0 Å². The van der Waals surface area contributed by atoms with Crippen molar-refractivity contribution >= 4 is 23.9 Å². The zero-order chi connectivity index (χ0) is 16.8. The molecule has 24 heavy (non-hydrogen) atoms. The van der Waals surface area contributed by atoms with Gasteiger partial charge in [-0.3, -0.25) is 4.79 Å². The van der Waals surface area contributed by atoms with E-state index in [4.69, 9.17) is 4.42 Å². The van der Waals surface area contributed by atoms with E-state index in [0.29, 0.717) is 10.9 Å². The lowest BCUT2D eigenvalue weighted by Crippen LogP contribution is -2.19. The maximum absolute atomic E-state index is 11.8. The largest absolute Gasteiger partial charge is 0.463 e. The molecule has 0 aliphatic heterocycles. The fourth-order valence-electron chi connectivity index (χ4n) is 1.97. The Kier molecular flexibility index (Phi) is 5.07. The number of hydrogen-bond donors (Lipinski definition) is 1. The predicted octanol–water partition coefficient (Wildman–Crippen LogP) is 2.32. The standard InChI is InChI=1S/C16H15N5O2S/c1-21-15(12-6-3-2-4-7-12)19-20-16(21)24-11-14(22)18-17-10-13-8-5-9-23-13/h2-10H,11H2,1H3,(H,18,22)/b17-10-. The van der Waals surface area contributed by atoms with Crippen LogP contribution < -0.4 is 5.43 Å². The molecule has 7 nitrogen and oxygen atoms in total. The van der Waals surface area contributed by atoms with E-state index in [1.54, 1.807) is 12.1 Å². The summed E-state index contributed by atoms with van der Waals surface area (Å²) in [6.45, 7) is 0. The Balaban J connectivity index is 1.55. The number of amides is 1. The first-order valence-corrected chi connectivity index (χ1v) is 8.15. The van der Waals surface area contributed by atoms with E-state index in [0.717, 1.165) is 11.4 Å². The minimum absolute atomic E-state index is 0.191. The van der Waals surface area contributed by atoms with E-state index >= 15 is 0 Å². The van der Waals surface area contributed by atoms with Crippen molar-refractivity contribution in [2.45, 2.75) is 5.16 Å². The van der Waals surface area contributed by atoms with Gasteiger partial charge in [0, 0.05) is 12.6 Å². The molecule has 0 fully saturated rings. The van der Waals surface area contributed by atoms with Crippen molar-refractivity contribution in [1.29, 1.82) is 0 Å². The highest BCUT2D eigenvalue weighted by molar-refractivity contribution is 7.99. The zero-order valence-corrected chi connectivity index (χ0v) is 13.7. The third-order valence-corrected chi connectivity index (χ3v) is 4.14. The smallest absolute Gasteiger partial charge is 0.250 e. The second-order valence-corrected chi connectivity index (χ2v) is 5.77. The summed E-state index contributed by atoms with van der Waals surface area (Å²) >= 11 is 1.30. The summed E-state index contributed by atoms with van der Waals surface area (Å²) < 4.78 is 6.94. The average Bonchev–Trinajstić information content (AvgIpc) is 3.24. The Labute approximate surface area is 142 Å². The monoisotopic (exact) mass is 341 g/mol. The number of hydrazone groups is 1. The van der Waals surface area contributed by atoms with Gasteiger partial charge in [0.1, 0.15) is 5.76 Å². The van der Waals surface area contributed by atoms with Crippen molar-refractivity contribution in [2.75, 3.05) is 5.75 Å². The lowest BCUT2D eigenvalue weighted by molar-refractivity contribution is -0.118. The molecule has 8 heteroatoms. The molecule has 2 heterocycles. The summed E-state index contributed by atoms with van der Waals surface area (Å²) in [7, 11) is 1.87. The molecule has 122 valence electrons. The van der Waals surface area contributed by atoms with E-state index in [9.17, 15) is 4.79 Å². The van der Waals surface area contributed by atoms with Crippen molar-refractivity contribution < 1.29 is 9.21 Å². The lowest BCUT2D eigenvalue weighted by Gasteiger charge is -2.03. The summed E-state index contributed by atoms with van der Waals surface area (Å²) in [4.78, 5) is 11.8. The predicted molar refractivity (Wildman–Crippen MR) is 91.6 cm³/mol. The van der Waals surface area contributed by atoms with Gasteiger partial charge in [0.25, 0.3) is 5.91 Å². The lowest BCUT2D eigenvalue weighted by atomic mass is 10.2. The maximum Gasteiger partial charge on any atom is 0.250 e. The normalized spacial score (nSPS) is 11.0. The third kappa shape index (κ3) is 3.90. The van der Waals surface area contributed by atoms with Gasteiger partial charge in [0.05, 0.1) is 18.2 Å². The second-order valence-electron chi connectivity index (χ2n) is 4.83. The maximum atomic E-state index is 11.8. The molecule has 0 saturated heterocycles. The van der Waals surface area contributed by atoms with Gasteiger partial charge in [-0.25, -0.2) is 5.43 Å². The van der Waals surface area contributed by atoms with Crippen molar-refractivity contribution in [3.63, 3.8) is 0 Å². The van der Waals surface area contributed by atoms with Gasteiger partial charge in [-0.2, -0.15) is 5.10 Å². The van der Waals surface area contributed by atoms with E-state index in [2.05, 4.69) is 20.7 Å². The zero-order valence-electron chi connectivity index (χ0n) is 12.9. The second kappa shape index (κ2) is 7.60. The summed E-state index contributed by atoms with van der Waals surface area (Å²) in [5.74, 6) is 1.29. The Morgan fingerprint density at radius 2 is 2.12 bits per heavy atom.